The number of hydrogen-bond acceptors (Lipinski definition) is 4. The molecule has 0 aliphatic carbocycles. The number of aromatic hydroxyl groups is 1. The summed E-state index contributed by atoms with van der Waals surface area (Å²) in [4.78, 5) is 11.7. The van der Waals surface area contributed by atoms with Gasteiger partial charge in [0.05, 0.1) is 0 Å². The molecule has 1 aromatic heterocycles. The summed E-state index contributed by atoms with van der Waals surface area (Å²) < 4.78 is 4.58. The summed E-state index contributed by atoms with van der Waals surface area (Å²) in [5.41, 5.74) is 1.09. The van der Waals surface area contributed by atoms with Crippen LogP contribution in [-0.2, 0) is 0 Å². The predicted octanol–water partition coefficient (Wildman–Crippen LogP) is 1.94. The number of amides is 1. The fourth-order valence-electron chi connectivity index (χ4n) is 1.22. The highest BCUT2D eigenvalue weighted by Crippen LogP contribution is 2.18. The second-order valence-corrected chi connectivity index (χ2v) is 3.34. The second-order valence-electron chi connectivity index (χ2n) is 3.34. The number of phenols is 1. The van der Waals surface area contributed by atoms with Crippen LogP contribution in [0.1, 0.15) is 15.9 Å². The monoisotopic (exact) mass is 218 g/mol. The van der Waals surface area contributed by atoms with Crippen molar-refractivity contribution in [2.24, 2.45) is 0 Å². The maximum atomic E-state index is 11.7. The molecule has 0 fully saturated rings. The molecule has 0 aliphatic heterocycles. The van der Waals surface area contributed by atoms with E-state index in [1.54, 1.807) is 19.1 Å². The summed E-state index contributed by atoms with van der Waals surface area (Å²) in [5, 5.41) is 15.5. The lowest BCUT2D eigenvalue weighted by atomic mass is 10.1. The minimum atomic E-state index is -0.343. The van der Waals surface area contributed by atoms with Gasteiger partial charge in [-0.2, -0.15) is 0 Å². The van der Waals surface area contributed by atoms with E-state index in [9.17, 15) is 9.90 Å². The van der Waals surface area contributed by atoms with Gasteiger partial charge in [-0.15, -0.1) is 0 Å². The number of aryl methyl sites for hydroxylation is 1. The molecule has 16 heavy (non-hydrogen) atoms. The SMILES string of the molecule is Cc1ccc(C(=O)Nc2ccon2)cc1O. The van der Waals surface area contributed by atoms with E-state index in [1.165, 1.54) is 18.4 Å². The Kier molecular flexibility index (Phi) is 2.59. The normalized spacial score (nSPS) is 10.1. The van der Waals surface area contributed by atoms with Gasteiger partial charge in [0.1, 0.15) is 12.0 Å². The molecule has 0 bridgehead atoms. The number of aromatic nitrogens is 1. The zero-order valence-corrected chi connectivity index (χ0v) is 8.60. The molecule has 0 saturated heterocycles. The lowest BCUT2D eigenvalue weighted by molar-refractivity contribution is 0.102. The zero-order chi connectivity index (χ0) is 11.5. The molecule has 5 nitrogen and oxygen atoms in total. The largest absolute Gasteiger partial charge is 0.508 e. The van der Waals surface area contributed by atoms with Gasteiger partial charge in [0.25, 0.3) is 5.91 Å². The van der Waals surface area contributed by atoms with Gasteiger partial charge >= 0.3 is 0 Å². The molecule has 2 N–H and O–H groups in total. The minimum Gasteiger partial charge on any atom is -0.508 e. The smallest absolute Gasteiger partial charge is 0.257 e. The molecule has 1 heterocycles. The lowest BCUT2D eigenvalue weighted by Gasteiger charge is -2.03. The third-order valence-electron chi connectivity index (χ3n) is 2.15. The number of carbonyl (C=O) groups excluding carboxylic acids is 1. The first-order valence-corrected chi connectivity index (χ1v) is 4.68. The maximum absolute atomic E-state index is 11.7. The Morgan fingerprint density at radius 3 is 2.88 bits per heavy atom. The number of rotatable bonds is 2. The van der Waals surface area contributed by atoms with Crippen molar-refractivity contribution in [2.45, 2.75) is 6.92 Å². The summed E-state index contributed by atoms with van der Waals surface area (Å²) >= 11 is 0. The Bertz CT molecular complexity index is 506. The van der Waals surface area contributed by atoms with Crippen LogP contribution in [0.25, 0.3) is 0 Å². The van der Waals surface area contributed by atoms with E-state index >= 15 is 0 Å². The van der Waals surface area contributed by atoms with E-state index in [0.717, 1.165) is 5.56 Å². The standard InChI is InChI=1S/C11H10N2O3/c1-7-2-3-8(6-9(7)14)11(15)12-10-4-5-16-13-10/h2-6,14H,1H3,(H,12,13,15). The number of anilines is 1. The van der Waals surface area contributed by atoms with Crippen LogP contribution in [-0.4, -0.2) is 16.2 Å². The van der Waals surface area contributed by atoms with Crippen molar-refractivity contribution in [1.82, 2.24) is 5.16 Å². The summed E-state index contributed by atoms with van der Waals surface area (Å²) in [5.74, 6) is 0.0852. The van der Waals surface area contributed by atoms with E-state index in [2.05, 4.69) is 15.0 Å². The highest BCUT2D eigenvalue weighted by atomic mass is 16.5. The molecular weight excluding hydrogens is 208 g/mol. The van der Waals surface area contributed by atoms with Gasteiger partial charge in [0.15, 0.2) is 5.82 Å². The number of hydrogen-bond donors (Lipinski definition) is 2. The summed E-state index contributed by atoms with van der Waals surface area (Å²) in [6.07, 6.45) is 1.36. The number of nitrogens with zero attached hydrogens (tertiary/aromatic N) is 1. The third-order valence-corrected chi connectivity index (χ3v) is 2.15. The molecule has 0 saturated carbocycles. The van der Waals surface area contributed by atoms with Gasteiger partial charge in [-0.25, -0.2) is 0 Å². The molecule has 1 amide bonds. The summed E-state index contributed by atoms with van der Waals surface area (Å²) in [6.45, 7) is 1.76. The van der Waals surface area contributed by atoms with Gasteiger partial charge in [0.2, 0.25) is 0 Å². The Morgan fingerprint density at radius 2 is 2.25 bits per heavy atom. The van der Waals surface area contributed by atoms with Gasteiger partial charge in [-0.05, 0) is 24.6 Å². The first-order chi connectivity index (χ1) is 7.66. The molecule has 0 aliphatic rings. The third kappa shape index (κ3) is 2.03. The average molecular weight is 218 g/mol. The van der Waals surface area contributed by atoms with Crippen molar-refractivity contribution in [1.29, 1.82) is 0 Å². The maximum Gasteiger partial charge on any atom is 0.257 e. The van der Waals surface area contributed by atoms with Crippen molar-refractivity contribution in [3.63, 3.8) is 0 Å². The first kappa shape index (κ1) is 10.2. The Balaban J connectivity index is 2.18. The van der Waals surface area contributed by atoms with E-state index < -0.39 is 0 Å². The predicted molar refractivity (Wildman–Crippen MR) is 57.3 cm³/mol. The van der Waals surface area contributed by atoms with Crippen molar-refractivity contribution in [2.75, 3.05) is 5.32 Å². The number of benzene rings is 1. The highest BCUT2D eigenvalue weighted by Gasteiger charge is 2.09. The Hall–Kier alpha value is -2.30. The average Bonchev–Trinajstić information content (AvgIpc) is 2.74. The van der Waals surface area contributed by atoms with E-state index in [4.69, 9.17) is 0 Å². The molecule has 2 aromatic rings. The van der Waals surface area contributed by atoms with Gasteiger partial charge in [-0.1, -0.05) is 11.2 Å². The van der Waals surface area contributed by atoms with Crippen LogP contribution in [0.4, 0.5) is 5.82 Å². The molecular formula is C11H10N2O3. The van der Waals surface area contributed by atoms with Crippen LogP contribution >= 0.6 is 0 Å². The first-order valence-electron chi connectivity index (χ1n) is 4.68. The molecule has 0 atom stereocenters. The molecule has 82 valence electrons. The van der Waals surface area contributed by atoms with Crippen LogP contribution < -0.4 is 5.32 Å². The molecule has 1 aromatic carbocycles. The molecule has 5 heteroatoms. The van der Waals surface area contributed by atoms with Crippen LogP contribution in [0, 0.1) is 6.92 Å². The van der Waals surface area contributed by atoms with E-state index in [1.807, 2.05) is 0 Å². The zero-order valence-electron chi connectivity index (χ0n) is 8.60. The van der Waals surface area contributed by atoms with Crippen molar-refractivity contribution in [3.8, 4) is 5.75 Å². The van der Waals surface area contributed by atoms with E-state index in [-0.39, 0.29) is 11.7 Å². The second kappa shape index (κ2) is 4.06. The molecule has 0 unspecified atom stereocenters. The fraction of sp³-hybridized carbons (Fsp3) is 0.0909. The van der Waals surface area contributed by atoms with E-state index in [0.29, 0.717) is 11.4 Å². The van der Waals surface area contributed by atoms with Crippen LogP contribution in [0.15, 0.2) is 35.1 Å². The van der Waals surface area contributed by atoms with Crippen LogP contribution in [0.3, 0.4) is 0 Å². The van der Waals surface area contributed by atoms with Gasteiger partial charge in [0, 0.05) is 11.6 Å². The van der Waals surface area contributed by atoms with Gasteiger partial charge < -0.3 is 14.9 Å². The Labute approximate surface area is 91.7 Å². The van der Waals surface area contributed by atoms with Crippen molar-refractivity contribution >= 4 is 11.7 Å². The molecule has 2 rings (SSSR count). The topological polar surface area (TPSA) is 75.4 Å². The van der Waals surface area contributed by atoms with Crippen LogP contribution in [0.5, 0.6) is 5.75 Å². The highest BCUT2D eigenvalue weighted by molar-refractivity contribution is 6.04. The van der Waals surface area contributed by atoms with Crippen molar-refractivity contribution < 1.29 is 14.4 Å². The quantitative estimate of drug-likeness (QED) is 0.807. The lowest BCUT2D eigenvalue weighted by Crippen LogP contribution is -2.11. The molecule has 0 spiro atoms. The number of carbonyl (C=O) groups is 1. The summed E-state index contributed by atoms with van der Waals surface area (Å²) in [6, 6.07) is 6.24. The Morgan fingerprint density at radius 1 is 1.44 bits per heavy atom. The fourth-order valence-corrected chi connectivity index (χ4v) is 1.22. The van der Waals surface area contributed by atoms with Gasteiger partial charge in [-0.3, -0.25) is 4.79 Å². The summed E-state index contributed by atoms with van der Waals surface area (Å²) in [7, 11) is 0. The molecule has 0 radical (unpaired) electrons. The minimum absolute atomic E-state index is 0.0906. The van der Waals surface area contributed by atoms with Crippen LogP contribution in [0.2, 0.25) is 0 Å². The van der Waals surface area contributed by atoms with Crippen molar-refractivity contribution in [3.05, 3.63) is 41.7 Å². The number of nitrogens with one attached hydrogen (secondary N) is 1. The number of phenolic OH excluding ortho intramolecular Hbond substituents is 1.